The fraction of sp³-hybridized carbons (Fsp3) is 0.375. The van der Waals surface area contributed by atoms with Crippen LogP contribution in [0.2, 0.25) is 0 Å². The van der Waals surface area contributed by atoms with Crippen LogP contribution in [0.4, 0.5) is 13.6 Å². The van der Waals surface area contributed by atoms with Crippen LogP contribution in [0.25, 0.3) is 0 Å². The Kier molecular flexibility index (Phi) is 5.71. The molecule has 0 bridgehead atoms. The van der Waals surface area contributed by atoms with Crippen LogP contribution in [0.15, 0.2) is 48.5 Å². The Morgan fingerprint density at radius 1 is 1.19 bits per heavy atom. The van der Waals surface area contributed by atoms with E-state index in [9.17, 15) is 23.2 Å². The number of hydrogen-bond donors (Lipinski definition) is 1. The molecule has 2 aliphatic rings. The number of halogens is 2. The Bertz CT molecular complexity index is 1060. The number of nitrogens with one attached hydrogen (secondary N) is 1. The molecule has 8 heteroatoms. The zero-order chi connectivity index (χ0) is 23.0. The van der Waals surface area contributed by atoms with Gasteiger partial charge in [-0.15, -0.1) is 0 Å². The maximum absolute atomic E-state index is 14.4. The van der Waals surface area contributed by atoms with Gasteiger partial charge in [-0.1, -0.05) is 30.3 Å². The SMILES string of the molecule is CC(C1CC1)N(Cc1ccccc1)C(=O)CN1C(=O)NC(C)(c2cc(F)ccc2F)C1=O. The number of urea groups is 1. The third-order valence-electron chi connectivity index (χ3n) is 6.35. The lowest BCUT2D eigenvalue weighted by Crippen LogP contribution is -2.47. The maximum atomic E-state index is 14.4. The predicted octanol–water partition coefficient (Wildman–Crippen LogP) is 3.56. The zero-order valence-corrected chi connectivity index (χ0v) is 18.0. The molecule has 4 rings (SSSR count). The predicted molar refractivity (Wildman–Crippen MR) is 113 cm³/mol. The van der Waals surface area contributed by atoms with Gasteiger partial charge < -0.3 is 10.2 Å². The maximum Gasteiger partial charge on any atom is 0.325 e. The number of carbonyl (C=O) groups excluding carboxylic acids is 3. The Morgan fingerprint density at radius 2 is 1.88 bits per heavy atom. The summed E-state index contributed by atoms with van der Waals surface area (Å²) < 4.78 is 28.1. The monoisotopic (exact) mass is 441 g/mol. The van der Waals surface area contributed by atoms with E-state index in [-0.39, 0.29) is 17.5 Å². The first-order valence-electron chi connectivity index (χ1n) is 10.6. The van der Waals surface area contributed by atoms with E-state index >= 15 is 0 Å². The molecule has 1 heterocycles. The van der Waals surface area contributed by atoms with E-state index in [0.717, 1.165) is 41.5 Å². The van der Waals surface area contributed by atoms with Crippen molar-refractivity contribution >= 4 is 17.8 Å². The third kappa shape index (κ3) is 4.09. The first-order valence-corrected chi connectivity index (χ1v) is 10.6. The summed E-state index contributed by atoms with van der Waals surface area (Å²) in [5.41, 5.74) is -1.13. The van der Waals surface area contributed by atoms with E-state index in [1.165, 1.54) is 6.92 Å². The van der Waals surface area contributed by atoms with Crippen molar-refractivity contribution < 1.29 is 23.2 Å². The van der Waals surface area contributed by atoms with Gasteiger partial charge in [0.1, 0.15) is 23.7 Å². The molecule has 168 valence electrons. The fourth-order valence-electron chi connectivity index (χ4n) is 4.20. The Morgan fingerprint density at radius 3 is 2.53 bits per heavy atom. The number of carbonyl (C=O) groups is 3. The van der Waals surface area contributed by atoms with Crippen molar-refractivity contribution in [2.75, 3.05) is 6.54 Å². The van der Waals surface area contributed by atoms with Crippen molar-refractivity contribution in [2.24, 2.45) is 5.92 Å². The number of nitrogens with zero attached hydrogens (tertiary/aromatic N) is 2. The van der Waals surface area contributed by atoms with E-state index in [1.807, 2.05) is 37.3 Å². The average molecular weight is 441 g/mol. The molecule has 1 aliphatic heterocycles. The molecule has 0 aromatic heterocycles. The smallest absolute Gasteiger partial charge is 0.325 e. The van der Waals surface area contributed by atoms with Gasteiger partial charge >= 0.3 is 6.03 Å². The number of rotatable bonds is 7. The summed E-state index contributed by atoms with van der Waals surface area (Å²) in [5.74, 6) is -2.33. The van der Waals surface area contributed by atoms with Crippen LogP contribution >= 0.6 is 0 Å². The van der Waals surface area contributed by atoms with E-state index in [2.05, 4.69) is 5.32 Å². The highest BCUT2D eigenvalue weighted by Gasteiger charge is 2.51. The zero-order valence-electron chi connectivity index (χ0n) is 18.0. The van der Waals surface area contributed by atoms with Crippen molar-refractivity contribution in [3.05, 3.63) is 71.3 Å². The standard InChI is InChI=1S/C24H25F2N3O3/c1-15(17-8-9-17)28(13-16-6-4-3-5-7-16)21(30)14-29-22(31)24(2,27-23(29)32)19-12-18(25)10-11-20(19)26/h3-7,10-12,15,17H,8-9,13-14H2,1-2H3,(H,27,32). The molecule has 1 saturated carbocycles. The van der Waals surface area contributed by atoms with Gasteiger partial charge in [-0.2, -0.15) is 0 Å². The van der Waals surface area contributed by atoms with Gasteiger partial charge in [0, 0.05) is 18.2 Å². The highest BCUT2D eigenvalue weighted by molar-refractivity contribution is 6.09. The van der Waals surface area contributed by atoms with Crippen LogP contribution in [0.5, 0.6) is 0 Å². The number of amides is 4. The molecule has 2 aromatic carbocycles. The highest BCUT2D eigenvalue weighted by Crippen LogP contribution is 2.36. The van der Waals surface area contributed by atoms with Crippen molar-refractivity contribution in [1.82, 2.24) is 15.1 Å². The van der Waals surface area contributed by atoms with Gasteiger partial charge in [-0.05, 0) is 56.4 Å². The second kappa shape index (κ2) is 8.33. The van der Waals surface area contributed by atoms with Crippen molar-refractivity contribution in [3.63, 3.8) is 0 Å². The summed E-state index contributed by atoms with van der Waals surface area (Å²) in [6.45, 7) is 3.17. The van der Waals surface area contributed by atoms with Crippen molar-refractivity contribution in [1.29, 1.82) is 0 Å². The van der Waals surface area contributed by atoms with Crippen molar-refractivity contribution in [3.8, 4) is 0 Å². The van der Waals surface area contributed by atoms with E-state index in [0.29, 0.717) is 12.5 Å². The first kappa shape index (κ1) is 21.9. The molecule has 4 amide bonds. The number of imide groups is 1. The van der Waals surface area contributed by atoms with E-state index < -0.39 is 35.7 Å². The van der Waals surface area contributed by atoms with Gasteiger partial charge in [0.15, 0.2) is 0 Å². The lowest BCUT2D eigenvalue weighted by Gasteiger charge is -2.31. The van der Waals surface area contributed by atoms with Crippen LogP contribution in [0, 0.1) is 17.6 Å². The van der Waals surface area contributed by atoms with Gasteiger partial charge in [-0.3, -0.25) is 14.5 Å². The minimum atomic E-state index is -1.80. The Hall–Kier alpha value is -3.29. The van der Waals surface area contributed by atoms with Crippen LogP contribution in [0.1, 0.15) is 37.8 Å². The van der Waals surface area contributed by atoms with Crippen LogP contribution in [-0.2, 0) is 21.7 Å². The molecular formula is C24H25F2N3O3. The van der Waals surface area contributed by atoms with Gasteiger partial charge in [0.05, 0.1) is 0 Å². The quantitative estimate of drug-likeness (QED) is 0.668. The molecule has 2 aromatic rings. The third-order valence-corrected chi connectivity index (χ3v) is 6.35. The molecule has 0 spiro atoms. The molecule has 32 heavy (non-hydrogen) atoms. The van der Waals surface area contributed by atoms with E-state index in [4.69, 9.17) is 0 Å². The lowest BCUT2D eigenvalue weighted by molar-refractivity contribution is -0.140. The average Bonchev–Trinajstić information content (AvgIpc) is 3.59. The highest BCUT2D eigenvalue weighted by atomic mass is 19.1. The summed E-state index contributed by atoms with van der Waals surface area (Å²) in [6, 6.07) is 11.4. The largest absolute Gasteiger partial charge is 0.334 e. The molecule has 2 fully saturated rings. The normalized spacial score (nSPS) is 21.4. The summed E-state index contributed by atoms with van der Waals surface area (Å²) in [4.78, 5) is 41.4. The Balaban J connectivity index is 1.56. The summed E-state index contributed by atoms with van der Waals surface area (Å²) in [5, 5.41) is 2.43. The van der Waals surface area contributed by atoms with Gasteiger partial charge in [-0.25, -0.2) is 13.6 Å². The minimum absolute atomic E-state index is 0.0458. The fourth-order valence-corrected chi connectivity index (χ4v) is 4.20. The van der Waals surface area contributed by atoms with Crippen LogP contribution in [0.3, 0.4) is 0 Å². The van der Waals surface area contributed by atoms with Gasteiger partial charge in [0.2, 0.25) is 5.91 Å². The Labute approximate surface area is 185 Å². The number of hydrogen-bond acceptors (Lipinski definition) is 3. The topological polar surface area (TPSA) is 69.7 Å². The molecule has 6 nitrogen and oxygen atoms in total. The number of benzene rings is 2. The second-order valence-corrected chi connectivity index (χ2v) is 8.66. The summed E-state index contributed by atoms with van der Waals surface area (Å²) in [7, 11) is 0. The lowest BCUT2D eigenvalue weighted by atomic mass is 9.91. The van der Waals surface area contributed by atoms with Gasteiger partial charge in [0.25, 0.3) is 5.91 Å². The van der Waals surface area contributed by atoms with Crippen LogP contribution < -0.4 is 5.32 Å². The molecule has 2 atom stereocenters. The minimum Gasteiger partial charge on any atom is -0.334 e. The van der Waals surface area contributed by atoms with Crippen molar-refractivity contribution in [2.45, 2.75) is 44.8 Å². The van der Waals surface area contributed by atoms with E-state index in [1.54, 1.807) is 4.90 Å². The molecule has 1 N–H and O–H groups in total. The molecule has 1 saturated heterocycles. The molecular weight excluding hydrogens is 416 g/mol. The molecule has 2 unspecified atom stereocenters. The molecule has 0 radical (unpaired) electrons. The molecule has 1 aliphatic carbocycles. The summed E-state index contributed by atoms with van der Waals surface area (Å²) in [6.07, 6.45) is 2.06. The second-order valence-electron chi connectivity index (χ2n) is 8.66. The summed E-state index contributed by atoms with van der Waals surface area (Å²) >= 11 is 0. The first-order chi connectivity index (χ1) is 15.2. The van der Waals surface area contributed by atoms with Crippen LogP contribution in [-0.4, -0.2) is 40.2 Å².